The largest absolute Gasteiger partial charge is 0.311 e. The summed E-state index contributed by atoms with van der Waals surface area (Å²) in [6, 6.07) is 16.8. The van der Waals surface area contributed by atoms with E-state index in [0.717, 1.165) is 23.1 Å². The monoisotopic (exact) mass is 277 g/mol. The van der Waals surface area contributed by atoms with E-state index < -0.39 is 0 Å². The molecule has 0 saturated carbocycles. The van der Waals surface area contributed by atoms with Crippen LogP contribution in [-0.4, -0.2) is 17.0 Å². The predicted octanol–water partition coefficient (Wildman–Crippen LogP) is 3.44. The van der Waals surface area contributed by atoms with E-state index in [-0.39, 0.29) is 6.04 Å². The first-order valence-corrected chi connectivity index (χ1v) is 7.21. The molecule has 0 aliphatic heterocycles. The van der Waals surface area contributed by atoms with Gasteiger partial charge in [0, 0.05) is 0 Å². The number of hydrogen-bond donors (Lipinski definition) is 1. The number of hydrogen-bond acceptors (Lipinski definition) is 3. The molecule has 1 N–H and O–H groups in total. The Labute approximate surface area is 125 Å². The lowest BCUT2D eigenvalue weighted by Gasteiger charge is -2.16. The smallest absolute Gasteiger partial charge is 0.0890 e. The van der Waals surface area contributed by atoms with E-state index in [9.17, 15) is 0 Å². The highest BCUT2D eigenvalue weighted by Gasteiger charge is 2.12. The van der Waals surface area contributed by atoms with Crippen molar-refractivity contribution in [3.05, 3.63) is 71.5 Å². The molecule has 0 bridgehead atoms. The first-order chi connectivity index (χ1) is 10.3. The molecule has 0 spiro atoms. The number of rotatable bonds is 4. The predicted molar refractivity (Wildman–Crippen MR) is 86.2 cm³/mol. The highest BCUT2D eigenvalue weighted by Crippen LogP contribution is 2.18. The molecule has 1 heterocycles. The maximum atomic E-state index is 4.74. The molecule has 3 nitrogen and oxygen atoms in total. The summed E-state index contributed by atoms with van der Waals surface area (Å²) in [5.74, 6) is 0. The van der Waals surface area contributed by atoms with Gasteiger partial charge in [-0.25, -0.2) is 4.98 Å². The summed E-state index contributed by atoms with van der Waals surface area (Å²) in [5, 5.41) is 3.34. The molecular formula is C18H19N3. The SMILES string of the molecule is CNC(Cc1ccc(C)cc1)c1cnc2ccccc2n1. The highest BCUT2D eigenvalue weighted by molar-refractivity contribution is 5.73. The molecule has 1 atom stereocenters. The molecule has 21 heavy (non-hydrogen) atoms. The maximum absolute atomic E-state index is 4.74. The van der Waals surface area contributed by atoms with Gasteiger partial charge in [-0.2, -0.15) is 0 Å². The lowest BCUT2D eigenvalue weighted by atomic mass is 10.0. The zero-order chi connectivity index (χ0) is 14.7. The highest BCUT2D eigenvalue weighted by atomic mass is 14.9. The van der Waals surface area contributed by atoms with Crippen LogP contribution in [0.3, 0.4) is 0 Å². The standard InChI is InChI=1S/C18H19N3/c1-13-7-9-14(10-8-13)11-17(19-2)18-12-20-15-5-3-4-6-16(15)21-18/h3-10,12,17,19H,11H2,1-2H3. The van der Waals surface area contributed by atoms with Gasteiger partial charge >= 0.3 is 0 Å². The summed E-state index contributed by atoms with van der Waals surface area (Å²) in [6.07, 6.45) is 2.78. The second-order valence-corrected chi connectivity index (χ2v) is 5.31. The third kappa shape index (κ3) is 3.09. The van der Waals surface area contributed by atoms with Crippen molar-refractivity contribution in [2.24, 2.45) is 0 Å². The van der Waals surface area contributed by atoms with E-state index in [0.29, 0.717) is 0 Å². The number of nitrogens with zero attached hydrogens (tertiary/aromatic N) is 2. The van der Waals surface area contributed by atoms with Crippen molar-refractivity contribution in [3.63, 3.8) is 0 Å². The topological polar surface area (TPSA) is 37.8 Å². The fourth-order valence-corrected chi connectivity index (χ4v) is 2.45. The van der Waals surface area contributed by atoms with Gasteiger partial charge in [-0.3, -0.25) is 4.98 Å². The zero-order valence-corrected chi connectivity index (χ0v) is 12.4. The van der Waals surface area contributed by atoms with E-state index in [1.807, 2.05) is 37.5 Å². The molecule has 106 valence electrons. The molecule has 0 amide bonds. The van der Waals surface area contributed by atoms with Crippen molar-refractivity contribution < 1.29 is 0 Å². The quantitative estimate of drug-likeness (QED) is 0.794. The molecule has 3 heteroatoms. The minimum absolute atomic E-state index is 0.171. The van der Waals surface area contributed by atoms with Gasteiger partial charge in [0.15, 0.2) is 0 Å². The number of para-hydroxylation sites is 2. The number of nitrogens with one attached hydrogen (secondary N) is 1. The molecule has 1 unspecified atom stereocenters. The van der Waals surface area contributed by atoms with Crippen LogP contribution in [0.4, 0.5) is 0 Å². The average Bonchev–Trinajstić information content (AvgIpc) is 2.54. The maximum Gasteiger partial charge on any atom is 0.0890 e. The molecule has 3 rings (SSSR count). The van der Waals surface area contributed by atoms with Crippen LogP contribution >= 0.6 is 0 Å². The fourth-order valence-electron chi connectivity index (χ4n) is 2.45. The first kappa shape index (κ1) is 13.7. The zero-order valence-electron chi connectivity index (χ0n) is 12.4. The summed E-state index contributed by atoms with van der Waals surface area (Å²) in [7, 11) is 1.97. The van der Waals surface area contributed by atoms with E-state index in [2.05, 4.69) is 41.5 Å². The third-order valence-electron chi connectivity index (χ3n) is 3.73. The molecule has 0 fully saturated rings. The summed E-state index contributed by atoms with van der Waals surface area (Å²) >= 11 is 0. The number of benzene rings is 2. The Morgan fingerprint density at radius 1 is 1.00 bits per heavy atom. The third-order valence-corrected chi connectivity index (χ3v) is 3.73. The molecule has 2 aromatic carbocycles. The minimum Gasteiger partial charge on any atom is -0.311 e. The molecule has 0 aliphatic rings. The van der Waals surface area contributed by atoms with Crippen molar-refractivity contribution in [2.75, 3.05) is 7.05 Å². The summed E-state index contributed by atoms with van der Waals surface area (Å²) in [5.41, 5.74) is 5.45. The van der Waals surface area contributed by atoms with Gasteiger partial charge in [0.2, 0.25) is 0 Å². The molecule has 0 saturated heterocycles. The van der Waals surface area contributed by atoms with E-state index in [1.165, 1.54) is 11.1 Å². The van der Waals surface area contributed by atoms with Gasteiger partial charge in [-0.05, 0) is 38.1 Å². The molecule has 3 aromatic rings. The van der Waals surface area contributed by atoms with E-state index in [1.54, 1.807) is 0 Å². The van der Waals surface area contributed by atoms with Crippen molar-refractivity contribution in [3.8, 4) is 0 Å². The first-order valence-electron chi connectivity index (χ1n) is 7.21. The van der Waals surface area contributed by atoms with E-state index in [4.69, 9.17) is 4.98 Å². The van der Waals surface area contributed by atoms with Gasteiger partial charge in [0.05, 0.1) is 29.0 Å². The Hall–Kier alpha value is -2.26. The number of aromatic nitrogens is 2. The number of fused-ring (bicyclic) bond motifs is 1. The lowest BCUT2D eigenvalue weighted by molar-refractivity contribution is 0.576. The Balaban J connectivity index is 1.88. The average molecular weight is 277 g/mol. The van der Waals surface area contributed by atoms with Crippen LogP contribution in [0.15, 0.2) is 54.7 Å². The molecule has 0 radical (unpaired) electrons. The molecule has 0 aliphatic carbocycles. The Morgan fingerprint density at radius 2 is 1.71 bits per heavy atom. The van der Waals surface area contributed by atoms with Gasteiger partial charge in [-0.1, -0.05) is 42.0 Å². The number of aryl methyl sites for hydroxylation is 1. The summed E-state index contributed by atoms with van der Waals surface area (Å²) in [4.78, 5) is 9.24. The van der Waals surface area contributed by atoms with Gasteiger partial charge in [0.1, 0.15) is 0 Å². The van der Waals surface area contributed by atoms with Crippen LogP contribution in [-0.2, 0) is 6.42 Å². The van der Waals surface area contributed by atoms with Crippen LogP contribution < -0.4 is 5.32 Å². The minimum atomic E-state index is 0.171. The van der Waals surface area contributed by atoms with Crippen molar-refractivity contribution >= 4 is 11.0 Å². The second kappa shape index (κ2) is 6.02. The Kier molecular flexibility index (Phi) is 3.93. The van der Waals surface area contributed by atoms with Gasteiger partial charge in [-0.15, -0.1) is 0 Å². The fraction of sp³-hybridized carbons (Fsp3) is 0.222. The lowest BCUT2D eigenvalue weighted by Crippen LogP contribution is -2.20. The van der Waals surface area contributed by atoms with Crippen molar-refractivity contribution in [2.45, 2.75) is 19.4 Å². The van der Waals surface area contributed by atoms with Crippen molar-refractivity contribution in [1.29, 1.82) is 0 Å². The molecular weight excluding hydrogens is 258 g/mol. The Morgan fingerprint density at radius 3 is 2.43 bits per heavy atom. The van der Waals surface area contributed by atoms with Crippen molar-refractivity contribution in [1.82, 2.24) is 15.3 Å². The Bertz CT molecular complexity index is 735. The number of likely N-dealkylation sites (N-methyl/N-ethyl adjacent to an activating group) is 1. The van der Waals surface area contributed by atoms with Crippen LogP contribution in [0.2, 0.25) is 0 Å². The van der Waals surface area contributed by atoms with Crippen LogP contribution in [0.5, 0.6) is 0 Å². The van der Waals surface area contributed by atoms with Gasteiger partial charge < -0.3 is 5.32 Å². The van der Waals surface area contributed by atoms with Crippen LogP contribution in [0.1, 0.15) is 22.9 Å². The van der Waals surface area contributed by atoms with Crippen LogP contribution in [0.25, 0.3) is 11.0 Å². The second-order valence-electron chi connectivity index (χ2n) is 5.31. The van der Waals surface area contributed by atoms with Gasteiger partial charge in [0.25, 0.3) is 0 Å². The summed E-state index contributed by atoms with van der Waals surface area (Å²) in [6.45, 7) is 2.11. The van der Waals surface area contributed by atoms with Crippen LogP contribution in [0, 0.1) is 6.92 Å². The summed E-state index contributed by atoms with van der Waals surface area (Å²) < 4.78 is 0. The van der Waals surface area contributed by atoms with E-state index >= 15 is 0 Å². The molecule has 1 aromatic heterocycles. The normalized spacial score (nSPS) is 12.5.